The number of hydrogen-bond donors (Lipinski definition) is 8. The van der Waals surface area contributed by atoms with Gasteiger partial charge in [-0.05, 0) is 12.8 Å². The van der Waals surface area contributed by atoms with E-state index in [2.05, 4.69) is 18.2 Å². The first-order valence-electron chi connectivity index (χ1n) is 21.8. The second kappa shape index (κ2) is 41.1. The summed E-state index contributed by atoms with van der Waals surface area (Å²) in [5.41, 5.74) is -2.44. The van der Waals surface area contributed by atoms with Crippen molar-refractivity contribution in [1.82, 2.24) is 0 Å². The third kappa shape index (κ3) is 33.8. The van der Waals surface area contributed by atoms with Gasteiger partial charge in [0.25, 0.3) is 0 Å². The van der Waals surface area contributed by atoms with E-state index in [0.717, 1.165) is 25.7 Å². The van der Waals surface area contributed by atoms with Gasteiger partial charge >= 0.3 is 17.2 Å². The Balaban J connectivity index is 0. The van der Waals surface area contributed by atoms with E-state index in [1.807, 2.05) is 0 Å². The zero-order valence-corrected chi connectivity index (χ0v) is 35.8. The molecule has 0 fully saturated rings. The quantitative estimate of drug-likeness (QED) is 0.0222. The molecule has 52 heavy (non-hydrogen) atoms. The van der Waals surface area contributed by atoms with Crippen molar-refractivity contribution in [2.24, 2.45) is 5.41 Å². The molecule has 0 aromatic carbocycles. The summed E-state index contributed by atoms with van der Waals surface area (Å²) >= 11 is 0. The van der Waals surface area contributed by atoms with Crippen LogP contribution in [0.3, 0.4) is 0 Å². The Kier molecular flexibility index (Phi) is 43.2. The Labute approximate surface area is 323 Å². The van der Waals surface area contributed by atoms with Crippen LogP contribution in [0.4, 0.5) is 0 Å². The summed E-state index contributed by atoms with van der Waals surface area (Å²) < 4.78 is 3.60. The molecule has 0 aliphatic carbocycles. The van der Waals surface area contributed by atoms with E-state index in [0.29, 0.717) is 12.8 Å². The third-order valence-electron chi connectivity index (χ3n) is 10.9. The lowest BCUT2D eigenvalue weighted by molar-refractivity contribution is -0.162. The van der Waals surface area contributed by atoms with Crippen LogP contribution in [0.2, 0.25) is 0 Å². The number of unbranched alkanes of at least 4 members (excludes halogenated alkanes) is 30. The van der Waals surface area contributed by atoms with E-state index in [-0.39, 0.29) is 19.8 Å². The van der Waals surface area contributed by atoms with Gasteiger partial charge in [-0.3, -0.25) is 0 Å². The summed E-state index contributed by atoms with van der Waals surface area (Å²) in [6.45, 7) is 3.42. The normalized spacial score (nSPS) is 12.2. The standard InChI is InChI=1S/C41H84O4.H4O5P2/c1-3-5-7-9-11-13-15-17-19-21-23-25-27-29-31-33-35-41(45,40(37-42,38-43)39-44)36-34-32-30-28-26-24-22-20-18-16-14-12-10-8-6-4-2;1-6(2)5-7(3)4/h42-45H,3-39H2,1-2H3;1-4H. The molecule has 0 aliphatic rings. The molecule has 0 aromatic heterocycles. The molecule has 9 nitrogen and oxygen atoms in total. The van der Waals surface area contributed by atoms with Crippen molar-refractivity contribution in [2.45, 2.75) is 238 Å². The second-order valence-corrected chi connectivity index (χ2v) is 17.1. The molecule has 0 unspecified atom stereocenters. The summed E-state index contributed by atoms with van der Waals surface area (Å²) in [6.07, 6.45) is 43.0. The highest BCUT2D eigenvalue weighted by molar-refractivity contribution is 7.53. The first-order valence-corrected chi connectivity index (χ1v) is 24.1. The minimum absolute atomic E-state index is 0.381. The number of hydrogen-bond acceptors (Lipinski definition) is 9. The third-order valence-corrected chi connectivity index (χ3v) is 12.1. The predicted molar refractivity (Wildman–Crippen MR) is 221 cm³/mol. The zero-order valence-electron chi connectivity index (χ0n) is 34.0. The fourth-order valence-corrected chi connectivity index (χ4v) is 7.77. The van der Waals surface area contributed by atoms with Crippen LogP contribution in [0, 0.1) is 5.41 Å². The number of rotatable bonds is 40. The van der Waals surface area contributed by atoms with Crippen LogP contribution in [-0.2, 0) is 4.31 Å². The lowest BCUT2D eigenvalue weighted by atomic mass is 9.68. The van der Waals surface area contributed by atoms with E-state index in [1.54, 1.807) is 0 Å². The highest BCUT2D eigenvalue weighted by atomic mass is 31.2. The topological polar surface area (TPSA) is 171 Å². The molecule has 0 rings (SSSR count). The minimum atomic E-state index is -2.61. The fourth-order valence-electron chi connectivity index (χ4n) is 7.24. The molecule has 0 atom stereocenters. The van der Waals surface area contributed by atoms with Crippen LogP contribution < -0.4 is 0 Å². The van der Waals surface area contributed by atoms with E-state index in [4.69, 9.17) is 19.6 Å². The molecule has 8 N–H and O–H groups in total. The van der Waals surface area contributed by atoms with Gasteiger partial charge in [-0.25, -0.2) is 4.31 Å². The van der Waals surface area contributed by atoms with Gasteiger partial charge in [0.2, 0.25) is 0 Å². The Morgan fingerprint density at radius 3 is 0.692 bits per heavy atom. The van der Waals surface area contributed by atoms with E-state index < -0.39 is 28.2 Å². The highest BCUT2D eigenvalue weighted by Gasteiger charge is 2.48. The molecule has 316 valence electrons. The Morgan fingerprint density at radius 1 is 0.346 bits per heavy atom. The van der Waals surface area contributed by atoms with Crippen molar-refractivity contribution in [3.05, 3.63) is 0 Å². The van der Waals surface area contributed by atoms with Crippen molar-refractivity contribution < 1.29 is 44.3 Å². The largest absolute Gasteiger partial charge is 0.395 e. The molecule has 0 heterocycles. The van der Waals surface area contributed by atoms with Crippen molar-refractivity contribution >= 4 is 17.2 Å². The van der Waals surface area contributed by atoms with Gasteiger partial charge < -0.3 is 40.0 Å². The average molecular weight is 787 g/mol. The van der Waals surface area contributed by atoms with Gasteiger partial charge in [-0.2, -0.15) is 0 Å². The van der Waals surface area contributed by atoms with Gasteiger partial charge in [-0.15, -0.1) is 0 Å². The fraction of sp³-hybridized carbons (Fsp3) is 1.00. The van der Waals surface area contributed by atoms with Crippen molar-refractivity contribution in [3.8, 4) is 0 Å². The van der Waals surface area contributed by atoms with Crippen LogP contribution in [0.15, 0.2) is 0 Å². The molecule has 0 radical (unpaired) electrons. The van der Waals surface area contributed by atoms with Crippen molar-refractivity contribution in [2.75, 3.05) is 19.8 Å². The van der Waals surface area contributed by atoms with Crippen molar-refractivity contribution in [3.63, 3.8) is 0 Å². The minimum Gasteiger partial charge on any atom is -0.395 e. The predicted octanol–water partition coefficient (Wildman–Crippen LogP) is 11.4. The Bertz CT molecular complexity index is 634. The molecule has 0 spiro atoms. The summed E-state index contributed by atoms with van der Waals surface area (Å²) in [5.74, 6) is 0. The summed E-state index contributed by atoms with van der Waals surface area (Å²) in [4.78, 5) is 31.3. The zero-order chi connectivity index (χ0) is 39.0. The van der Waals surface area contributed by atoms with E-state index in [1.165, 1.54) is 180 Å². The number of aliphatic hydroxyl groups is 4. The van der Waals surface area contributed by atoms with Crippen LogP contribution in [0.5, 0.6) is 0 Å². The van der Waals surface area contributed by atoms with E-state index in [9.17, 15) is 20.4 Å². The molecule has 0 saturated carbocycles. The molecule has 11 heteroatoms. The molecule has 0 aromatic rings. The molecule has 0 bridgehead atoms. The highest BCUT2D eigenvalue weighted by Crippen LogP contribution is 2.42. The number of aliphatic hydroxyl groups excluding tert-OH is 3. The van der Waals surface area contributed by atoms with Crippen LogP contribution >= 0.6 is 17.2 Å². The average Bonchev–Trinajstić information content (AvgIpc) is 3.12. The van der Waals surface area contributed by atoms with Crippen molar-refractivity contribution in [1.29, 1.82) is 0 Å². The second-order valence-electron chi connectivity index (χ2n) is 15.5. The SMILES string of the molecule is CCCCCCCCCCCCCCCCCCC(O)(CCCCCCCCCCCCCCCCCC)C(CO)(CO)CO.OP(O)OP(O)O. The molecule has 0 amide bonds. The molecule has 0 aliphatic heterocycles. The smallest absolute Gasteiger partial charge is 0.334 e. The van der Waals surface area contributed by atoms with Crippen LogP contribution in [-0.4, -0.2) is 65.4 Å². The van der Waals surface area contributed by atoms with Crippen LogP contribution in [0.25, 0.3) is 0 Å². The van der Waals surface area contributed by atoms with Gasteiger partial charge in [0, 0.05) is 0 Å². The molecule has 0 saturated heterocycles. The summed E-state index contributed by atoms with van der Waals surface area (Å²) in [5, 5.41) is 42.0. The van der Waals surface area contributed by atoms with Gasteiger partial charge in [0.05, 0.1) is 30.8 Å². The first-order chi connectivity index (χ1) is 25.2. The van der Waals surface area contributed by atoms with Gasteiger partial charge in [0.15, 0.2) is 0 Å². The lowest BCUT2D eigenvalue weighted by Crippen LogP contribution is -2.55. The Morgan fingerprint density at radius 2 is 0.538 bits per heavy atom. The van der Waals surface area contributed by atoms with Crippen LogP contribution in [0.1, 0.15) is 232 Å². The lowest BCUT2D eigenvalue weighted by Gasteiger charge is -2.44. The maximum absolute atomic E-state index is 11.7. The monoisotopic (exact) mass is 787 g/mol. The molecular formula is C41H88O9P2. The van der Waals surface area contributed by atoms with E-state index >= 15 is 0 Å². The maximum atomic E-state index is 11.7. The summed E-state index contributed by atoms with van der Waals surface area (Å²) in [7, 11) is -5.22. The van der Waals surface area contributed by atoms with Gasteiger partial charge in [0.1, 0.15) is 0 Å². The molecular weight excluding hydrogens is 698 g/mol. The maximum Gasteiger partial charge on any atom is 0.334 e. The Hall–Kier alpha value is 0.500. The van der Waals surface area contributed by atoms with Gasteiger partial charge in [-0.1, -0.05) is 219 Å². The summed E-state index contributed by atoms with van der Waals surface area (Å²) in [6, 6.07) is 0. The first kappa shape index (κ1) is 54.6.